The largest absolute Gasteiger partial charge is 0.497 e. The number of hydrogen-bond donors (Lipinski definition) is 1. The van der Waals surface area contributed by atoms with Crippen LogP contribution in [0.4, 0.5) is 0 Å². The van der Waals surface area contributed by atoms with Gasteiger partial charge in [0.25, 0.3) is 0 Å². The third kappa shape index (κ3) is 5.71. The second kappa shape index (κ2) is 10.4. The van der Waals surface area contributed by atoms with Crippen molar-refractivity contribution < 1.29 is 14.3 Å². The van der Waals surface area contributed by atoms with Crippen LogP contribution in [0.15, 0.2) is 41.5 Å². The van der Waals surface area contributed by atoms with Crippen molar-refractivity contribution in [2.45, 2.75) is 52.1 Å². The quantitative estimate of drug-likeness (QED) is 0.660. The van der Waals surface area contributed by atoms with E-state index in [1.54, 1.807) is 7.11 Å². The van der Waals surface area contributed by atoms with Gasteiger partial charge in [-0.05, 0) is 68.1 Å². The Bertz CT molecular complexity index is 790. The SMILES string of the molecule is COc1ccc(C(=O)C2CCN(C(=O)CCCC3N=C(C(C)C)C=CN3)CC2)cc1. The van der Waals surface area contributed by atoms with E-state index >= 15 is 0 Å². The van der Waals surface area contributed by atoms with E-state index in [1.165, 1.54) is 0 Å². The number of ether oxygens (including phenoxy) is 1. The number of methoxy groups -OCH3 is 1. The maximum Gasteiger partial charge on any atom is 0.222 e. The van der Waals surface area contributed by atoms with Gasteiger partial charge in [0.15, 0.2) is 5.78 Å². The van der Waals surface area contributed by atoms with Crippen LogP contribution < -0.4 is 10.1 Å². The number of carbonyl (C=O) groups excluding carboxylic acids is 2. The predicted octanol–water partition coefficient (Wildman–Crippen LogP) is 3.83. The van der Waals surface area contributed by atoms with Gasteiger partial charge in [0.2, 0.25) is 5.91 Å². The summed E-state index contributed by atoms with van der Waals surface area (Å²) in [6.07, 6.45) is 7.69. The van der Waals surface area contributed by atoms with E-state index in [0.29, 0.717) is 25.4 Å². The Kier molecular flexibility index (Phi) is 7.66. The molecule has 30 heavy (non-hydrogen) atoms. The van der Waals surface area contributed by atoms with Gasteiger partial charge in [0.05, 0.1) is 7.11 Å². The van der Waals surface area contributed by atoms with E-state index in [-0.39, 0.29) is 23.8 Å². The van der Waals surface area contributed by atoms with Crippen molar-refractivity contribution in [3.8, 4) is 5.75 Å². The summed E-state index contributed by atoms with van der Waals surface area (Å²) in [7, 11) is 1.61. The summed E-state index contributed by atoms with van der Waals surface area (Å²) in [5, 5.41) is 3.26. The summed E-state index contributed by atoms with van der Waals surface area (Å²) in [5.41, 5.74) is 1.82. The summed E-state index contributed by atoms with van der Waals surface area (Å²) >= 11 is 0. The third-order valence-electron chi connectivity index (χ3n) is 5.90. The molecule has 0 aliphatic carbocycles. The van der Waals surface area contributed by atoms with Gasteiger partial charge in [-0.15, -0.1) is 0 Å². The molecular formula is C24H33N3O3. The maximum atomic E-state index is 12.7. The van der Waals surface area contributed by atoms with Crippen molar-refractivity contribution >= 4 is 17.4 Å². The van der Waals surface area contributed by atoms with Crippen LogP contribution >= 0.6 is 0 Å². The van der Waals surface area contributed by atoms with E-state index in [9.17, 15) is 9.59 Å². The molecule has 1 aromatic rings. The van der Waals surface area contributed by atoms with Crippen molar-refractivity contribution in [2.75, 3.05) is 20.2 Å². The topological polar surface area (TPSA) is 71.0 Å². The second-order valence-corrected chi connectivity index (χ2v) is 8.36. The molecule has 2 heterocycles. The number of carbonyl (C=O) groups is 2. The Morgan fingerprint density at radius 1 is 1.20 bits per heavy atom. The van der Waals surface area contributed by atoms with Gasteiger partial charge in [-0.2, -0.15) is 0 Å². The molecule has 1 unspecified atom stereocenters. The molecule has 2 aliphatic rings. The first-order valence-corrected chi connectivity index (χ1v) is 10.9. The number of ketones is 1. The predicted molar refractivity (Wildman–Crippen MR) is 119 cm³/mol. The van der Waals surface area contributed by atoms with Crippen molar-refractivity contribution in [3.63, 3.8) is 0 Å². The lowest BCUT2D eigenvalue weighted by Crippen LogP contribution is -2.40. The van der Waals surface area contributed by atoms with Crippen molar-refractivity contribution in [1.82, 2.24) is 10.2 Å². The van der Waals surface area contributed by atoms with Crippen LogP contribution in [0.3, 0.4) is 0 Å². The Labute approximate surface area is 179 Å². The molecule has 6 heteroatoms. The number of aliphatic imine (C=N–C) groups is 1. The van der Waals surface area contributed by atoms with Crippen LogP contribution in [0.5, 0.6) is 5.75 Å². The number of benzene rings is 1. The minimum Gasteiger partial charge on any atom is -0.497 e. The Morgan fingerprint density at radius 3 is 2.53 bits per heavy atom. The Morgan fingerprint density at radius 2 is 1.90 bits per heavy atom. The zero-order valence-corrected chi connectivity index (χ0v) is 18.3. The normalized spacial score (nSPS) is 19.4. The third-order valence-corrected chi connectivity index (χ3v) is 5.90. The molecule has 6 nitrogen and oxygen atoms in total. The van der Waals surface area contributed by atoms with E-state index in [0.717, 1.165) is 42.7 Å². The summed E-state index contributed by atoms with van der Waals surface area (Å²) < 4.78 is 5.15. The zero-order chi connectivity index (χ0) is 21.5. The van der Waals surface area contributed by atoms with E-state index in [1.807, 2.05) is 41.4 Å². The lowest BCUT2D eigenvalue weighted by Gasteiger charge is -2.31. The van der Waals surface area contributed by atoms with Crippen LogP contribution in [0.1, 0.15) is 56.3 Å². The van der Waals surface area contributed by atoms with Crippen molar-refractivity contribution in [1.29, 1.82) is 0 Å². The van der Waals surface area contributed by atoms with Crippen LogP contribution in [0.25, 0.3) is 0 Å². The highest BCUT2D eigenvalue weighted by Crippen LogP contribution is 2.24. The number of rotatable bonds is 8. The van der Waals surface area contributed by atoms with E-state index in [4.69, 9.17) is 9.73 Å². The van der Waals surface area contributed by atoms with Gasteiger partial charge in [-0.1, -0.05) is 13.8 Å². The molecule has 1 amide bonds. The highest BCUT2D eigenvalue weighted by molar-refractivity contribution is 5.98. The number of nitrogens with zero attached hydrogens (tertiary/aromatic N) is 2. The molecule has 1 saturated heterocycles. The first kappa shape index (κ1) is 22.1. The molecule has 1 aromatic carbocycles. The smallest absolute Gasteiger partial charge is 0.222 e. The summed E-state index contributed by atoms with van der Waals surface area (Å²) in [5.74, 6) is 1.50. The molecule has 0 radical (unpaired) electrons. The summed E-state index contributed by atoms with van der Waals surface area (Å²) in [6.45, 7) is 5.59. The van der Waals surface area contributed by atoms with Crippen LogP contribution in [-0.2, 0) is 4.79 Å². The molecule has 1 N–H and O–H groups in total. The number of piperidine rings is 1. The Balaban J connectivity index is 1.40. The summed E-state index contributed by atoms with van der Waals surface area (Å²) in [6, 6.07) is 7.27. The van der Waals surface area contributed by atoms with Crippen LogP contribution in [0, 0.1) is 11.8 Å². The average Bonchev–Trinajstić information content (AvgIpc) is 2.79. The molecule has 0 spiro atoms. The fourth-order valence-electron chi connectivity index (χ4n) is 3.98. The van der Waals surface area contributed by atoms with Gasteiger partial charge < -0.3 is 15.0 Å². The van der Waals surface area contributed by atoms with Crippen LogP contribution in [-0.4, -0.2) is 48.7 Å². The number of amides is 1. The first-order valence-electron chi connectivity index (χ1n) is 10.9. The minimum atomic E-state index is -0.00976. The van der Waals surface area contributed by atoms with Gasteiger partial charge in [0, 0.05) is 36.7 Å². The standard InChI is InChI=1S/C24H33N3O3/c1-17(2)21-11-14-25-22(26-21)5-4-6-23(28)27-15-12-19(13-16-27)24(29)18-7-9-20(30-3)10-8-18/h7-11,14,17,19,22,25H,4-6,12-13,15-16H2,1-3H3. The van der Waals surface area contributed by atoms with Crippen molar-refractivity contribution in [2.24, 2.45) is 16.8 Å². The minimum absolute atomic E-state index is 0.00976. The average molecular weight is 412 g/mol. The molecule has 0 saturated carbocycles. The fraction of sp³-hybridized carbons (Fsp3) is 0.542. The highest BCUT2D eigenvalue weighted by Gasteiger charge is 2.28. The monoisotopic (exact) mass is 411 g/mol. The van der Waals surface area contributed by atoms with Gasteiger partial charge in [0.1, 0.15) is 11.9 Å². The molecule has 0 bridgehead atoms. The zero-order valence-electron chi connectivity index (χ0n) is 18.3. The van der Waals surface area contributed by atoms with Gasteiger partial charge in [-0.25, -0.2) is 0 Å². The number of nitrogens with one attached hydrogen (secondary N) is 1. The van der Waals surface area contributed by atoms with Crippen LogP contribution in [0.2, 0.25) is 0 Å². The molecule has 2 aliphatic heterocycles. The number of hydrogen-bond acceptors (Lipinski definition) is 5. The summed E-state index contributed by atoms with van der Waals surface area (Å²) in [4.78, 5) is 31.9. The number of Topliss-reactive ketones (excluding diaryl/α,β-unsaturated/α-hetero) is 1. The molecular weight excluding hydrogens is 378 g/mol. The molecule has 1 fully saturated rings. The van der Waals surface area contributed by atoms with Crippen molar-refractivity contribution in [3.05, 3.63) is 42.1 Å². The molecule has 162 valence electrons. The fourth-order valence-corrected chi connectivity index (χ4v) is 3.98. The van der Waals surface area contributed by atoms with E-state index in [2.05, 4.69) is 19.2 Å². The second-order valence-electron chi connectivity index (χ2n) is 8.36. The highest BCUT2D eigenvalue weighted by atomic mass is 16.5. The number of allylic oxidation sites excluding steroid dienone is 1. The van der Waals surface area contributed by atoms with Gasteiger partial charge >= 0.3 is 0 Å². The lowest BCUT2D eigenvalue weighted by atomic mass is 9.88. The lowest BCUT2D eigenvalue weighted by molar-refractivity contribution is -0.132. The Hall–Kier alpha value is -2.63. The van der Waals surface area contributed by atoms with Gasteiger partial charge in [-0.3, -0.25) is 14.6 Å². The van der Waals surface area contributed by atoms with E-state index < -0.39 is 0 Å². The first-order chi connectivity index (χ1) is 14.5. The number of likely N-dealkylation sites (tertiary alicyclic amines) is 1. The molecule has 3 rings (SSSR count). The maximum absolute atomic E-state index is 12.7. The molecule has 1 atom stereocenters. The molecule has 0 aromatic heterocycles.